The van der Waals surface area contributed by atoms with Crippen LogP contribution in [0.25, 0.3) is 0 Å². The highest BCUT2D eigenvalue weighted by atomic mass is 16.7. The van der Waals surface area contributed by atoms with Crippen LogP contribution in [-0.4, -0.2) is 89.6 Å². The SMILES string of the molecule is CC/C=C\C/C=C\C/C=C\C/C=C\C/C=C\CCCCCCCCCCCC(=O)OC(COCCCCCCCCCCCCCC/C=C\C/C=C\CCCCCCC)COC1OC(CO)C(O)C(O)C1O. The molecule has 1 aliphatic rings. The molecular formula is C63H110O9. The van der Waals surface area contributed by atoms with Crippen LogP contribution in [-0.2, 0) is 23.7 Å². The predicted octanol–water partition coefficient (Wildman–Crippen LogP) is 15.7. The zero-order valence-electron chi connectivity index (χ0n) is 46.2. The van der Waals surface area contributed by atoms with E-state index in [1.807, 2.05) is 0 Å². The Morgan fingerprint density at radius 2 is 0.847 bits per heavy atom. The molecule has 9 nitrogen and oxygen atoms in total. The van der Waals surface area contributed by atoms with E-state index < -0.39 is 43.4 Å². The number of allylic oxidation sites excluding steroid dienone is 14. The van der Waals surface area contributed by atoms with Crippen molar-refractivity contribution in [2.45, 2.75) is 282 Å². The van der Waals surface area contributed by atoms with Crippen LogP contribution in [0.5, 0.6) is 0 Å². The van der Waals surface area contributed by atoms with Gasteiger partial charge in [-0.3, -0.25) is 4.79 Å². The van der Waals surface area contributed by atoms with Gasteiger partial charge in [-0.15, -0.1) is 0 Å². The summed E-state index contributed by atoms with van der Waals surface area (Å²) in [5, 5.41) is 40.4. The summed E-state index contributed by atoms with van der Waals surface area (Å²) in [6.45, 7) is 4.45. The molecule has 0 aromatic carbocycles. The Bertz CT molecular complexity index is 1380. The van der Waals surface area contributed by atoms with Crippen molar-refractivity contribution < 1.29 is 44.2 Å². The van der Waals surface area contributed by atoms with Gasteiger partial charge in [0.1, 0.15) is 30.5 Å². The van der Waals surface area contributed by atoms with Gasteiger partial charge in [-0.05, 0) is 89.9 Å². The van der Waals surface area contributed by atoms with E-state index in [0.717, 1.165) is 77.0 Å². The molecular weight excluding hydrogens is 901 g/mol. The van der Waals surface area contributed by atoms with Crippen molar-refractivity contribution in [3.05, 3.63) is 85.1 Å². The molecule has 1 aliphatic heterocycles. The molecule has 4 N–H and O–H groups in total. The Labute approximate surface area is 441 Å². The summed E-state index contributed by atoms with van der Waals surface area (Å²) in [4.78, 5) is 12.9. The maximum Gasteiger partial charge on any atom is 0.306 e. The predicted molar refractivity (Wildman–Crippen MR) is 302 cm³/mol. The van der Waals surface area contributed by atoms with Gasteiger partial charge >= 0.3 is 5.97 Å². The summed E-state index contributed by atoms with van der Waals surface area (Å²) in [6, 6.07) is 0. The summed E-state index contributed by atoms with van der Waals surface area (Å²) in [6.07, 6.45) is 66.3. The van der Waals surface area contributed by atoms with Gasteiger partial charge in [0, 0.05) is 13.0 Å². The second-order valence-corrected chi connectivity index (χ2v) is 20.1. The first-order valence-corrected chi connectivity index (χ1v) is 29.7. The fourth-order valence-electron chi connectivity index (χ4n) is 8.73. The lowest BCUT2D eigenvalue weighted by molar-refractivity contribution is -0.305. The minimum atomic E-state index is -1.54. The van der Waals surface area contributed by atoms with Crippen LogP contribution >= 0.6 is 0 Å². The smallest absolute Gasteiger partial charge is 0.306 e. The third-order valence-corrected chi connectivity index (χ3v) is 13.3. The Kier molecular flexibility index (Phi) is 49.8. The summed E-state index contributed by atoms with van der Waals surface area (Å²) in [7, 11) is 0. The Morgan fingerprint density at radius 3 is 1.28 bits per heavy atom. The van der Waals surface area contributed by atoms with E-state index in [9.17, 15) is 25.2 Å². The largest absolute Gasteiger partial charge is 0.457 e. The number of esters is 1. The van der Waals surface area contributed by atoms with E-state index >= 15 is 0 Å². The van der Waals surface area contributed by atoms with E-state index in [1.54, 1.807) is 0 Å². The highest BCUT2D eigenvalue weighted by Crippen LogP contribution is 2.23. The maximum atomic E-state index is 12.9. The van der Waals surface area contributed by atoms with E-state index in [4.69, 9.17) is 18.9 Å². The van der Waals surface area contributed by atoms with Crippen molar-refractivity contribution in [1.29, 1.82) is 0 Å². The molecule has 0 aromatic heterocycles. The summed E-state index contributed by atoms with van der Waals surface area (Å²) < 4.78 is 23.0. The lowest BCUT2D eigenvalue weighted by Gasteiger charge is -2.39. The number of hydrogen-bond acceptors (Lipinski definition) is 9. The van der Waals surface area contributed by atoms with Crippen molar-refractivity contribution in [2.75, 3.05) is 26.4 Å². The van der Waals surface area contributed by atoms with Crippen molar-refractivity contribution in [2.24, 2.45) is 0 Å². The minimum absolute atomic E-state index is 0.120. The number of aliphatic hydroxyl groups excluding tert-OH is 4. The van der Waals surface area contributed by atoms with Crippen LogP contribution in [0.4, 0.5) is 0 Å². The van der Waals surface area contributed by atoms with Gasteiger partial charge in [0.25, 0.3) is 0 Å². The molecule has 6 atom stereocenters. The van der Waals surface area contributed by atoms with Gasteiger partial charge in [-0.2, -0.15) is 0 Å². The van der Waals surface area contributed by atoms with Gasteiger partial charge in [0.15, 0.2) is 6.29 Å². The zero-order chi connectivity index (χ0) is 52.1. The van der Waals surface area contributed by atoms with Gasteiger partial charge in [-0.25, -0.2) is 0 Å². The second-order valence-electron chi connectivity index (χ2n) is 20.1. The molecule has 1 rings (SSSR count). The first kappa shape index (κ1) is 67.4. The number of rotatable bonds is 51. The number of aliphatic hydroxyl groups is 4. The molecule has 0 spiro atoms. The number of ether oxygens (including phenoxy) is 4. The molecule has 416 valence electrons. The van der Waals surface area contributed by atoms with E-state index in [2.05, 4.69) is 98.9 Å². The lowest BCUT2D eigenvalue weighted by atomic mass is 9.99. The molecule has 1 saturated heterocycles. The number of unbranched alkanes of at least 4 members (excludes halogenated alkanes) is 26. The average Bonchev–Trinajstić information content (AvgIpc) is 3.38. The third kappa shape index (κ3) is 42.7. The summed E-state index contributed by atoms with van der Waals surface area (Å²) in [5.41, 5.74) is 0. The topological polar surface area (TPSA) is 135 Å². The molecule has 0 saturated carbocycles. The number of hydrogen-bond donors (Lipinski definition) is 4. The maximum absolute atomic E-state index is 12.9. The van der Waals surface area contributed by atoms with Gasteiger partial charge in [0.05, 0.1) is 19.8 Å². The fourth-order valence-corrected chi connectivity index (χ4v) is 8.73. The first-order valence-electron chi connectivity index (χ1n) is 29.7. The van der Waals surface area contributed by atoms with Crippen LogP contribution in [0.3, 0.4) is 0 Å². The van der Waals surface area contributed by atoms with Crippen molar-refractivity contribution in [3.63, 3.8) is 0 Å². The molecule has 72 heavy (non-hydrogen) atoms. The Hall–Kier alpha value is -2.63. The highest BCUT2D eigenvalue weighted by molar-refractivity contribution is 5.69. The third-order valence-electron chi connectivity index (χ3n) is 13.3. The van der Waals surface area contributed by atoms with Crippen molar-refractivity contribution in [3.8, 4) is 0 Å². The van der Waals surface area contributed by atoms with E-state index in [-0.39, 0.29) is 19.2 Å². The molecule has 9 heteroatoms. The van der Waals surface area contributed by atoms with Crippen LogP contribution in [0.1, 0.15) is 245 Å². The Balaban J connectivity index is 2.16. The van der Waals surface area contributed by atoms with Crippen LogP contribution in [0.2, 0.25) is 0 Å². The molecule has 1 fully saturated rings. The molecule has 1 heterocycles. The number of carbonyl (C=O) groups excluding carboxylic acids is 1. The lowest BCUT2D eigenvalue weighted by Crippen LogP contribution is -2.59. The highest BCUT2D eigenvalue weighted by Gasteiger charge is 2.44. The fraction of sp³-hybridized carbons (Fsp3) is 0.762. The van der Waals surface area contributed by atoms with Gasteiger partial charge in [-0.1, -0.05) is 234 Å². The van der Waals surface area contributed by atoms with Crippen molar-refractivity contribution in [1.82, 2.24) is 0 Å². The molecule has 6 unspecified atom stereocenters. The molecule has 0 radical (unpaired) electrons. The molecule has 0 aromatic rings. The van der Waals surface area contributed by atoms with Crippen LogP contribution in [0, 0.1) is 0 Å². The summed E-state index contributed by atoms with van der Waals surface area (Å²) in [5.74, 6) is -0.321. The van der Waals surface area contributed by atoms with Crippen LogP contribution in [0.15, 0.2) is 85.1 Å². The molecule has 0 amide bonds. The van der Waals surface area contributed by atoms with Crippen LogP contribution < -0.4 is 0 Å². The van der Waals surface area contributed by atoms with Crippen molar-refractivity contribution >= 4 is 5.97 Å². The Morgan fingerprint density at radius 1 is 0.458 bits per heavy atom. The quantitative estimate of drug-likeness (QED) is 0.0267. The minimum Gasteiger partial charge on any atom is -0.457 e. The van der Waals surface area contributed by atoms with Gasteiger partial charge in [0.2, 0.25) is 0 Å². The monoisotopic (exact) mass is 1010 g/mol. The van der Waals surface area contributed by atoms with E-state index in [1.165, 1.54) is 148 Å². The van der Waals surface area contributed by atoms with Gasteiger partial charge < -0.3 is 39.4 Å². The summed E-state index contributed by atoms with van der Waals surface area (Å²) >= 11 is 0. The second kappa shape index (κ2) is 53.2. The average molecular weight is 1010 g/mol. The molecule has 0 aliphatic carbocycles. The van der Waals surface area contributed by atoms with E-state index in [0.29, 0.717) is 13.0 Å². The normalized spacial score (nSPS) is 19.3. The standard InChI is InChI=1S/C63H110O9/c1-3-5-7-9-11-13-15-17-19-21-23-25-27-29-30-32-34-36-38-40-42-44-46-48-50-52-59(65)71-57(56-70-63-62(68)61(67)60(66)58(54-64)72-63)55-69-53-51-49-47-45-43-41-39-37-35-33-31-28-26-24-22-20-18-16-14-12-10-8-6-4-2/h5,7,11,13,16-19,22-25,29-30,57-58,60-64,66-68H,3-4,6,8-10,12,14-15,20-21,26-28,31-56H2,1-2H3/b7-5-,13-11-,18-16-,19-17-,24-22-,25-23-,30-29-. The first-order chi connectivity index (χ1) is 35.4. The molecule has 0 bridgehead atoms. The zero-order valence-corrected chi connectivity index (χ0v) is 46.2. The number of carbonyl (C=O) groups is 1.